The summed E-state index contributed by atoms with van der Waals surface area (Å²) >= 11 is 0. The summed E-state index contributed by atoms with van der Waals surface area (Å²) in [4.78, 5) is 16.8. The van der Waals surface area contributed by atoms with Crippen LogP contribution in [0, 0.1) is 0 Å². The fourth-order valence-corrected chi connectivity index (χ4v) is 2.89. The van der Waals surface area contributed by atoms with E-state index in [0.717, 1.165) is 22.5 Å². The molecule has 0 spiro atoms. The quantitative estimate of drug-likeness (QED) is 0.595. The van der Waals surface area contributed by atoms with Gasteiger partial charge in [-0.3, -0.25) is 9.20 Å². The third kappa shape index (κ3) is 2.90. The number of hydrogen-bond acceptors (Lipinski definition) is 5. The molecule has 0 fully saturated rings. The van der Waals surface area contributed by atoms with Crippen LogP contribution in [0.15, 0.2) is 42.9 Å². The van der Waals surface area contributed by atoms with Gasteiger partial charge in [-0.05, 0) is 32.0 Å². The van der Waals surface area contributed by atoms with Crippen LogP contribution in [0.25, 0.3) is 16.7 Å². The number of fused-ring (bicyclic) bond motifs is 2. The van der Waals surface area contributed by atoms with Crippen molar-refractivity contribution in [3.05, 3.63) is 54.2 Å². The highest BCUT2D eigenvalue weighted by Crippen LogP contribution is 2.16. The highest BCUT2D eigenvalue weighted by Gasteiger charge is 2.12. The van der Waals surface area contributed by atoms with Crippen LogP contribution >= 0.6 is 0 Å². The number of pyridine rings is 2. The first-order chi connectivity index (χ1) is 12.6. The Morgan fingerprint density at radius 1 is 1.23 bits per heavy atom. The van der Waals surface area contributed by atoms with Crippen LogP contribution < -0.4 is 5.32 Å². The van der Waals surface area contributed by atoms with Gasteiger partial charge in [0.2, 0.25) is 0 Å². The predicted molar refractivity (Wildman–Crippen MR) is 96.9 cm³/mol. The molecule has 26 heavy (non-hydrogen) atoms. The normalized spacial score (nSPS) is 11.5. The lowest BCUT2D eigenvalue weighted by Gasteiger charge is -2.07. The molecule has 4 heterocycles. The topological polar surface area (TPSA) is 90.0 Å². The van der Waals surface area contributed by atoms with Gasteiger partial charge in [-0.25, -0.2) is 9.67 Å². The Bertz CT molecular complexity index is 1080. The summed E-state index contributed by atoms with van der Waals surface area (Å²) in [6.07, 6.45) is 5.83. The zero-order valence-corrected chi connectivity index (χ0v) is 14.6. The second-order valence-corrected chi connectivity index (χ2v) is 6.37. The minimum absolute atomic E-state index is 0.162. The summed E-state index contributed by atoms with van der Waals surface area (Å²) in [5.74, 6) is 0.651. The van der Waals surface area contributed by atoms with Gasteiger partial charge in [0.05, 0.1) is 11.8 Å². The molecule has 1 N–H and O–H groups in total. The van der Waals surface area contributed by atoms with Gasteiger partial charge in [0.15, 0.2) is 11.3 Å². The fraction of sp³-hybridized carbons (Fsp3) is 0.278. The Balaban J connectivity index is 1.44. The Morgan fingerprint density at radius 3 is 2.96 bits per heavy atom. The van der Waals surface area contributed by atoms with Gasteiger partial charge in [0.1, 0.15) is 5.82 Å². The van der Waals surface area contributed by atoms with E-state index < -0.39 is 0 Å². The number of nitrogens with one attached hydrogen (secondary N) is 1. The lowest BCUT2D eigenvalue weighted by Crippen LogP contribution is -2.26. The first kappa shape index (κ1) is 16.2. The maximum atomic E-state index is 12.4. The first-order valence-electron chi connectivity index (χ1n) is 8.53. The molecular formula is C18H19N7O. The maximum Gasteiger partial charge on any atom is 0.252 e. The maximum absolute atomic E-state index is 12.4. The van der Waals surface area contributed by atoms with Gasteiger partial charge in [-0.2, -0.15) is 5.10 Å². The van der Waals surface area contributed by atoms with E-state index in [1.165, 1.54) is 0 Å². The van der Waals surface area contributed by atoms with Crippen LogP contribution in [-0.4, -0.2) is 41.8 Å². The lowest BCUT2D eigenvalue weighted by atomic mass is 10.2. The Kier molecular flexibility index (Phi) is 4.08. The van der Waals surface area contributed by atoms with Crippen molar-refractivity contribution >= 4 is 22.6 Å². The molecule has 1 amide bonds. The summed E-state index contributed by atoms with van der Waals surface area (Å²) < 4.78 is 3.76. The van der Waals surface area contributed by atoms with Crippen molar-refractivity contribution in [1.29, 1.82) is 0 Å². The number of nitrogens with zero attached hydrogens (tertiary/aromatic N) is 6. The summed E-state index contributed by atoms with van der Waals surface area (Å²) in [7, 11) is 0. The fourth-order valence-electron chi connectivity index (χ4n) is 2.89. The summed E-state index contributed by atoms with van der Waals surface area (Å²) in [5, 5.41) is 16.4. The smallest absolute Gasteiger partial charge is 0.252 e. The van der Waals surface area contributed by atoms with Crippen LogP contribution in [0.2, 0.25) is 0 Å². The molecule has 0 bridgehead atoms. The standard InChI is InChI=1S/C18H19N7O/c1-12(2)25-17-13(11-21-25)9-14(10-20-17)18(26)19-7-6-16-23-22-15-5-3-4-8-24(15)16/h3-5,8-12H,6-7H2,1-2H3,(H,19,26). The Morgan fingerprint density at radius 2 is 2.12 bits per heavy atom. The summed E-state index contributed by atoms with van der Waals surface area (Å²) in [5.41, 5.74) is 2.10. The molecule has 4 aromatic heterocycles. The highest BCUT2D eigenvalue weighted by molar-refractivity contribution is 5.96. The van der Waals surface area contributed by atoms with Crippen LogP contribution in [-0.2, 0) is 6.42 Å². The van der Waals surface area contributed by atoms with Gasteiger partial charge in [0, 0.05) is 36.8 Å². The molecule has 4 aromatic rings. The molecule has 8 heteroatoms. The van der Waals surface area contributed by atoms with Crippen molar-refractivity contribution in [2.45, 2.75) is 26.3 Å². The average molecular weight is 349 g/mol. The molecule has 0 aliphatic carbocycles. The average Bonchev–Trinajstić information content (AvgIpc) is 3.25. The van der Waals surface area contributed by atoms with Crippen LogP contribution in [0.4, 0.5) is 0 Å². The van der Waals surface area contributed by atoms with Gasteiger partial charge < -0.3 is 5.32 Å². The lowest BCUT2D eigenvalue weighted by molar-refractivity contribution is 0.0953. The van der Waals surface area contributed by atoms with E-state index in [1.54, 1.807) is 12.4 Å². The van der Waals surface area contributed by atoms with E-state index in [1.807, 2.05) is 53.4 Å². The molecule has 0 unspecified atom stereocenters. The van der Waals surface area contributed by atoms with Crippen molar-refractivity contribution in [3.63, 3.8) is 0 Å². The number of hydrogen-bond donors (Lipinski definition) is 1. The zero-order valence-electron chi connectivity index (χ0n) is 14.6. The van der Waals surface area contributed by atoms with Crippen molar-refractivity contribution in [2.24, 2.45) is 0 Å². The van der Waals surface area contributed by atoms with Gasteiger partial charge in [-0.15, -0.1) is 10.2 Å². The van der Waals surface area contributed by atoms with Crippen LogP contribution in [0.3, 0.4) is 0 Å². The van der Waals surface area contributed by atoms with E-state index in [0.29, 0.717) is 18.5 Å². The first-order valence-corrected chi connectivity index (χ1v) is 8.53. The zero-order chi connectivity index (χ0) is 18.1. The minimum Gasteiger partial charge on any atom is -0.352 e. The molecular weight excluding hydrogens is 330 g/mol. The van der Waals surface area contributed by atoms with Gasteiger partial charge >= 0.3 is 0 Å². The van der Waals surface area contributed by atoms with Crippen molar-refractivity contribution in [1.82, 2.24) is 34.7 Å². The Labute approximate surface area is 149 Å². The molecule has 0 radical (unpaired) electrons. The molecule has 0 aliphatic rings. The molecule has 132 valence electrons. The molecule has 0 atom stereocenters. The molecule has 4 rings (SSSR count). The minimum atomic E-state index is -0.162. The molecule has 0 saturated heterocycles. The van der Waals surface area contributed by atoms with E-state index in [4.69, 9.17) is 0 Å². The number of carbonyl (C=O) groups is 1. The molecule has 0 aliphatic heterocycles. The van der Waals surface area contributed by atoms with Crippen LogP contribution in [0.1, 0.15) is 36.1 Å². The number of aromatic nitrogens is 6. The van der Waals surface area contributed by atoms with Crippen molar-refractivity contribution in [3.8, 4) is 0 Å². The third-order valence-electron chi connectivity index (χ3n) is 4.20. The van der Waals surface area contributed by atoms with Crippen LogP contribution in [0.5, 0.6) is 0 Å². The number of amides is 1. The summed E-state index contributed by atoms with van der Waals surface area (Å²) in [6.45, 7) is 4.56. The second kappa shape index (κ2) is 6.55. The predicted octanol–water partition coefficient (Wildman–Crippen LogP) is 2.03. The molecule has 0 saturated carbocycles. The monoisotopic (exact) mass is 349 g/mol. The molecule has 0 aromatic carbocycles. The SMILES string of the molecule is CC(C)n1ncc2cc(C(=O)NCCc3nnc4ccccn34)cnc21. The van der Waals surface area contributed by atoms with E-state index in [-0.39, 0.29) is 11.9 Å². The van der Waals surface area contributed by atoms with E-state index in [9.17, 15) is 4.79 Å². The third-order valence-corrected chi connectivity index (χ3v) is 4.20. The van der Waals surface area contributed by atoms with Crippen molar-refractivity contribution < 1.29 is 4.79 Å². The Hall–Kier alpha value is -3.29. The van der Waals surface area contributed by atoms with Gasteiger partial charge in [-0.1, -0.05) is 6.07 Å². The number of rotatable bonds is 5. The largest absolute Gasteiger partial charge is 0.352 e. The highest BCUT2D eigenvalue weighted by atomic mass is 16.1. The summed E-state index contributed by atoms with van der Waals surface area (Å²) in [6, 6.07) is 7.78. The van der Waals surface area contributed by atoms with E-state index in [2.05, 4.69) is 25.6 Å². The van der Waals surface area contributed by atoms with E-state index >= 15 is 0 Å². The molecule has 8 nitrogen and oxygen atoms in total. The van der Waals surface area contributed by atoms with Gasteiger partial charge in [0.25, 0.3) is 5.91 Å². The second-order valence-electron chi connectivity index (χ2n) is 6.37. The van der Waals surface area contributed by atoms with Crippen molar-refractivity contribution in [2.75, 3.05) is 6.54 Å². The number of carbonyl (C=O) groups excluding carboxylic acids is 1.